The largest absolute Gasteiger partial charge is 0.506 e. The summed E-state index contributed by atoms with van der Waals surface area (Å²) >= 11 is 0. The maximum atomic E-state index is 9.65. The number of fused-ring (bicyclic) bond motifs is 1. The van der Waals surface area contributed by atoms with E-state index in [1.165, 1.54) is 12.8 Å². The molecule has 0 amide bonds. The molecule has 1 aromatic heterocycles. The summed E-state index contributed by atoms with van der Waals surface area (Å²) in [6.45, 7) is 1.99. The van der Waals surface area contributed by atoms with Gasteiger partial charge in [-0.25, -0.2) is 0 Å². The van der Waals surface area contributed by atoms with E-state index in [0.29, 0.717) is 11.6 Å². The molecule has 84 valence electrons. The number of phenolic OH excluding ortho intramolecular Hbond substituents is 1. The van der Waals surface area contributed by atoms with E-state index in [9.17, 15) is 5.11 Å². The molecule has 0 radical (unpaired) electrons. The molecule has 2 N–H and O–H groups in total. The lowest BCUT2D eigenvalue weighted by Gasteiger charge is -2.09. The van der Waals surface area contributed by atoms with Crippen LogP contribution in [0.4, 0.5) is 0 Å². The summed E-state index contributed by atoms with van der Waals surface area (Å²) in [5, 5.41) is 18.5. The van der Waals surface area contributed by atoms with E-state index >= 15 is 0 Å². The molecule has 0 spiro atoms. The van der Waals surface area contributed by atoms with Crippen molar-refractivity contribution in [2.75, 3.05) is 6.54 Å². The van der Waals surface area contributed by atoms with Gasteiger partial charge in [0.1, 0.15) is 11.3 Å². The molecule has 4 nitrogen and oxygen atoms in total. The Bertz CT molecular complexity index is 500. The number of phenols is 1. The van der Waals surface area contributed by atoms with Crippen LogP contribution in [0.25, 0.3) is 10.9 Å². The zero-order valence-corrected chi connectivity index (χ0v) is 9.06. The third-order valence-electron chi connectivity index (χ3n) is 3.13. The Labute approximate surface area is 93.9 Å². The van der Waals surface area contributed by atoms with Crippen molar-refractivity contribution in [3.05, 3.63) is 24.4 Å². The Kier molecular flexibility index (Phi) is 2.29. The standard InChI is InChI=1S/C12H15N3O/c16-11-5-1-3-9-7-15(14-12(9)11)8-10-4-2-6-13-10/h1,3,5,7,10,13,16H,2,4,6,8H2. The van der Waals surface area contributed by atoms with Gasteiger partial charge in [-0.05, 0) is 25.5 Å². The lowest BCUT2D eigenvalue weighted by molar-refractivity contribution is 0.468. The number of aromatic nitrogens is 2. The third kappa shape index (κ3) is 1.65. The summed E-state index contributed by atoms with van der Waals surface area (Å²) in [5.41, 5.74) is 0.695. The van der Waals surface area contributed by atoms with Crippen LogP contribution in [0.2, 0.25) is 0 Å². The summed E-state index contributed by atoms with van der Waals surface area (Å²) in [6, 6.07) is 6.02. The number of benzene rings is 1. The summed E-state index contributed by atoms with van der Waals surface area (Å²) < 4.78 is 1.92. The quantitative estimate of drug-likeness (QED) is 0.801. The number of hydrogen-bond donors (Lipinski definition) is 2. The van der Waals surface area contributed by atoms with Crippen molar-refractivity contribution in [2.24, 2.45) is 0 Å². The van der Waals surface area contributed by atoms with Crippen LogP contribution < -0.4 is 5.32 Å². The number of nitrogens with one attached hydrogen (secondary N) is 1. The van der Waals surface area contributed by atoms with Gasteiger partial charge in [0.05, 0.1) is 6.54 Å². The summed E-state index contributed by atoms with van der Waals surface area (Å²) in [5.74, 6) is 0.260. The zero-order valence-electron chi connectivity index (χ0n) is 9.06. The van der Waals surface area contributed by atoms with E-state index in [1.54, 1.807) is 6.07 Å². The first kappa shape index (κ1) is 9.66. The van der Waals surface area contributed by atoms with Crippen molar-refractivity contribution >= 4 is 10.9 Å². The van der Waals surface area contributed by atoms with E-state index < -0.39 is 0 Å². The molecule has 1 fully saturated rings. The van der Waals surface area contributed by atoms with Crippen molar-refractivity contribution in [1.29, 1.82) is 0 Å². The highest BCUT2D eigenvalue weighted by atomic mass is 16.3. The molecule has 4 heteroatoms. The molecule has 0 saturated carbocycles. The van der Waals surface area contributed by atoms with Gasteiger partial charge in [0, 0.05) is 17.6 Å². The van der Waals surface area contributed by atoms with Crippen LogP contribution in [0.5, 0.6) is 5.75 Å². The van der Waals surface area contributed by atoms with E-state index in [1.807, 2.05) is 23.0 Å². The Morgan fingerprint density at radius 3 is 3.19 bits per heavy atom. The predicted octanol–water partition coefficient (Wildman–Crippen LogP) is 1.49. The molecule has 2 aromatic rings. The topological polar surface area (TPSA) is 50.1 Å². The van der Waals surface area contributed by atoms with Crippen LogP contribution in [0.3, 0.4) is 0 Å². The molecule has 0 bridgehead atoms. The van der Waals surface area contributed by atoms with E-state index in [0.717, 1.165) is 18.5 Å². The van der Waals surface area contributed by atoms with Crippen LogP contribution in [0.1, 0.15) is 12.8 Å². The minimum Gasteiger partial charge on any atom is -0.506 e. The van der Waals surface area contributed by atoms with Crippen molar-refractivity contribution in [3.8, 4) is 5.75 Å². The second-order valence-corrected chi connectivity index (χ2v) is 4.36. The summed E-state index contributed by atoms with van der Waals surface area (Å²) in [7, 11) is 0. The second kappa shape index (κ2) is 3.79. The average molecular weight is 217 g/mol. The van der Waals surface area contributed by atoms with Crippen molar-refractivity contribution in [3.63, 3.8) is 0 Å². The first-order valence-electron chi connectivity index (χ1n) is 5.71. The van der Waals surface area contributed by atoms with Crippen LogP contribution in [-0.4, -0.2) is 27.5 Å². The smallest absolute Gasteiger partial charge is 0.143 e. The van der Waals surface area contributed by atoms with Gasteiger partial charge in [0.2, 0.25) is 0 Å². The van der Waals surface area contributed by atoms with Gasteiger partial charge >= 0.3 is 0 Å². The van der Waals surface area contributed by atoms with Gasteiger partial charge in [-0.2, -0.15) is 5.10 Å². The lowest BCUT2D eigenvalue weighted by Crippen LogP contribution is -2.26. The molecule has 1 atom stereocenters. The first-order valence-corrected chi connectivity index (χ1v) is 5.71. The van der Waals surface area contributed by atoms with Crippen molar-refractivity contribution in [2.45, 2.75) is 25.4 Å². The SMILES string of the molecule is Oc1cccc2cn(CC3CCCN3)nc12. The molecule has 2 heterocycles. The molecular formula is C12H15N3O. The fourth-order valence-electron chi connectivity index (χ4n) is 2.31. The summed E-state index contributed by atoms with van der Waals surface area (Å²) in [6.07, 6.45) is 4.45. The molecule has 1 saturated heterocycles. The minimum absolute atomic E-state index is 0.260. The van der Waals surface area contributed by atoms with E-state index in [-0.39, 0.29) is 5.75 Å². The Hall–Kier alpha value is -1.55. The fourth-order valence-corrected chi connectivity index (χ4v) is 2.31. The molecule has 3 rings (SSSR count). The monoisotopic (exact) mass is 217 g/mol. The van der Waals surface area contributed by atoms with E-state index in [4.69, 9.17) is 0 Å². The fraction of sp³-hybridized carbons (Fsp3) is 0.417. The number of hydrogen-bond acceptors (Lipinski definition) is 3. The molecule has 1 aliphatic rings. The number of aromatic hydroxyl groups is 1. The van der Waals surface area contributed by atoms with Gasteiger partial charge in [0.15, 0.2) is 0 Å². The zero-order chi connectivity index (χ0) is 11.0. The third-order valence-corrected chi connectivity index (χ3v) is 3.13. The first-order chi connectivity index (χ1) is 7.83. The number of rotatable bonds is 2. The van der Waals surface area contributed by atoms with Crippen LogP contribution in [0.15, 0.2) is 24.4 Å². The van der Waals surface area contributed by atoms with Gasteiger partial charge in [-0.1, -0.05) is 12.1 Å². The lowest BCUT2D eigenvalue weighted by atomic mass is 10.2. The Morgan fingerprint density at radius 1 is 1.50 bits per heavy atom. The van der Waals surface area contributed by atoms with Crippen LogP contribution in [0, 0.1) is 0 Å². The van der Waals surface area contributed by atoms with Crippen LogP contribution >= 0.6 is 0 Å². The normalized spacial score (nSPS) is 20.6. The Morgan fingerprint density at radius 2 is 2.44 bits per heavy atom. The maximum Gasteiger partial charge on any atom is 0.143 e. The highest BCUT2D eigenvalue weighted by Crippen LogP contribution is 2.22. The minimum atomic E-state index is 0.260. The molecule has 0 aliphatic carbocycles. The Balaban J connectivity index is 1.90. The number of nitrogens with zero attached hydrogens (tertiary/aromatic N) is 2. The van der Waals surface area contributed by atoms with Gasteiger partial charge in [-0.3, -0.25) is 4.68 Å². The molecule has 16 heavy (non-hydrogen) atoms. The summed E-state index contributed by atoms with van der Waals surface area (Å²) in [4.78, 5) is 0. The average Bonchev–Trinajstić information content (AvgIpc) is 2.88. The van der Waals surface area contributed by atoms with Gasteiger partial charge in [0.25, 0.3) is 0 Å². The molecule has 1 aliphatic heterocycles. The highest BCUT2D eigenvalue weighted by Gasteiger charge is 2.15. The molecular weight excluding hydrogens is 202 g/mol. The highest BCUT2D eigenvalue weighted by molar-refractivity contribution is 5.83. The van der Waals surface area contributed by atoms with Gasteiger partial charge in [-0.15, -0.1) is 0 Å². The van der Waals surface area contributed by atoms with Crippen molar-refractivity contribution in [1.82, 2.24) is 15.1 Å². The molecule has 1 unspecified atom stereocenters. The molecule has 1 aromatic carbocycles. The maximum absolute atomic E-state index is 9.65. The van der Waals surface area contributed by atoms with Gasteiger partial charge < -0.3 is 10.4 Å². The van der Waals surface area contributed by atoms with Crippen LogP contribution in [-0.2, 0) is 6.54 Å². The predicted molar refractivity (Wildman–Crippen MR) is 62.4 cm³/mol. The van der Waals surface area contributed by atoms with Crippen molar-refractivity contribution < 1.29 is 5.11 Å². The second-order valence-electron chi connectivity index (χ2n) is 4.36. The van der Waals surface area contributed by atoms with E-state index in [2.05, 4.69) is 10.4 Å².